The molecule has 1 atom stereocenters. The number of nitrogens with zero attached hydrogens (tertiary/aromatic N) is 1. The van der Waals surface area contributed by atoms with Crippen LogP contribution in [0.3, 0.4) is 0 Å². The molecule has 0 spiro atoms. The Morgan fingerprint density at radius 3 is 2.70 bits per heavy atom. The van der Waals surface area contributed by atoms with Crippen LogP contribution in [0.25, 0.3) is 0 Å². The van der Waals surface area contributed by atoms with E-state index in [-0.39, 0.29) is 0 Å². The number of halogens is 1. The van der Waals surface area contributed by atoms with E-state index in [1.54, 1.807) is 6.07 Å². The molecule has 0 radical (unpaired) electrons. The molecule has 1 aromatic rings. The summed E-state index contributed by atoms with van der Waals surface area (Å²) in [6, 6.07) is 4.66. The maximum absolute atomic E-state index is 13.6. The molecular weight excluding hydrogens is 259 g/mol. The van der Waals surface area contributed by atoms with Crippen LogP contribution in [0.1, 0.15) is 37.7 Å². The molecule has 1 fully saturated rings. The molecule has 5 heteroatoms. The van der Waals surface area contributed by atoms with E-state index in [2.05, 4.69) is 5.32 Å². The van der Waals surface area contributed by atoms with Gasteiger partial charge in [-0.05, 0) is 50.3 Å². The van der Waals surface area contributed by atoms with Crippen LogP contribution < -0.4 is 5.32 Å². The van der Waals surface area contributed by atoms with Crippen molar-refractivity contribution in [2.24, 2.45) is 5.92 Å². The monoisotopic (exact) mass is 280 g/mol. The number of nitro groups is 1. The highest BCUT2D eigenvalue weighted by Crippen LogP contribution is 2.29. The molecule has 20 heavy (non-hydrogen) atoms. The average Bonchev–Trinajstić information content (AvgIpc) is 2.93. The fourth-order valence-electron chi connectivity index (χ4n) is 3.15. The van der Waals surface area contributed by atoms with Gasteiger partial charge in [0.15, 0.2) is 0 Å². The zero-order valence-corrected chi connectivity index (χ0v) is 11.8. The van der Waals surface area contributed by atoms with E-state index in [0.717, 1.165) is 18.4 Å². The number of hydrogen-bond acceptors (Lipinski definition) is 3. The Balaban J connectivity index is 1.95. The van der Waals surface area contributed by atoms with Crippen LogP contribution in [0.2, 0.25) is 0 Å². The van der Waals surface area contributed by atoms with Crippen LogP contribution in [0.15, 0.2) is 18.2 Å². The Labute approximate surface area is 118 Å². The zero-order chi connectivity index (χ0) is 14.5. The van der Waals surface area contributed by atoms with Gasteiger partial charge in [-0.1, -0.05) is 18.9 Å². The molecule has 1 aliphatic rings. The zero-order valence-electron chi connectivity index (χ0n) is 11.8. The molecule has 0 heterocycles. The molecular formula is C15H21FN2O2. The molecule has 1 aromatic carbocycles. The van der Waals surface area contributed by atoms with Gasteiger partial charge in [0.1, 0.15) is 0 Å². The Kier molecular flexibility index (Phi) is 5.06. The highest BCUT2D eigenvalue weighted by molar-refractivity contribution is 5.35. The highest BCUT2D eigenvalue weighted by Gasteiger charge is 2.23. The lowest BCUT2D eigenvalue weighted by atomic mass is 9.92. The van der Waals surface area contributed by atoms with Crippen LogP contribution in [-0.2, 0) is 6.42 Å². The van der Waals surface area contributed by atoms with Crippen molar-refractivity contribution in [3.63, 3.8) is 0 Å². The van der Waals surface area contributed by atoms with Crippen molar-refractivity contribution >= 4 is 5.69 Å². The normalized spacial score (nSPS) is 17.3. The van der Waals surface area contributed by atoms with Crippen LogP contribution >= 0.6 is 0 Å². The Morgan fingerprint density at radius 1 is 1.45 bits per heavy atom. The Hall–Kier alpha value is -1.49. The standard InChI is InChI=1S/C15H21FN2O2/c1-17-14(12-4-2-3-5-12)8-6-11-7-9-15(18(19)20)13(16)10-11/h7,9-10,12,14,17H,2-6,8H2,1H3. The molecule has 110 valence electrons. The van der Waals surface area contributed by atoms with Crippen molar-refractivity contribution in [2.75, 3.05) is 7.05 Å². The van der Waals surface area contributed by atoms with Gasteiger partial charge < -0.3 is 5.32 Å². The molecule has 0 aliphatic heterocycles. The second-order valence-electron chi connectivity index (χ2n) is 5.52. The quantitative estimate of drug-likeness (QED) is 0.641. The lowest BCUT2D eigenvalue weighted by Gasteiger charge is -2.22. The van der Waals surface area contributed by atoms with Crippen LogP contribution in [0.5, 0.6) is 0 Å². The molecule has 2 rings (SSSR count). The van der Waals surface area contributed by atoms with Gasteiger partial charge >= 0.3 is 5.69 Å². The van der Waals surface area contributed by atoms with Crippen molar-refractivity contribution in [2.45, 2.75) is 44.6 Å². The smallest absolute Gasteiger partial charge is 0.304 e. The minimum absolute atomic E-state index is 0.449. The van der Waals surface area contributed by atoms with Gasteiger partial charge in [-0.15, -0.1) is 0 Å². The van der Waals surface area contributed by atoms with E-state index in [4.69, 9.17) is 0 Å². The molecule has 0 saturated heterocycles. The van der Waals surface area contributed by atoms with E-state index in [9.17, 15) is 14.5 Å². The van der Waals surface area contributed by atoms with E-state index in [1.165, 1.54) is 37.8 Å². The van der Waals surface area contributed by atoms with Crippen molar-refractivity contribution in [3.05, 3.63) is 39.7 Å². The summed E-state index contributed by atoms with van der Waals surface area (Å²) in [6.07, 6.45) is 6.82. The lowest BCUT2D eigenvalue weighted by molar-refractivity contribution is -0.387. The minimum atomic E-state index is -0.741. The van der Waals surface area contributed by atoms with Crippen LogP contribution in [0.4, 0.5) is 10.1 Å². The Morgan fingerprint density at radius 2 is 2.15 bits per heavy atom. The first-order valence-electron chi connectivity index (χ1n) is 7.22. The largest absolute Gasteiger partial charge is 0.317 e. The molecule has 1 aliphatic carbocycles. The summed E-state index contributed by atoms with van der Waals surface area (Å²) < 4.78 is 13.6. The number of benzene rings is 1. The van der Waals surface area contributed by atoms with Gasteiger partial charge in [-0.2, -0.15) is 4.39 Å². The number of aryl methyl sites for hydroxylation is 1. The summed E-state index contributed by atoms with van der Waals surface area (Å²) >= 11 is 0. The van der Waals surface area contributed by atoms with Crippen LogP contribution in [0, 0.1) is 21.8 Å². The molecule has 1 saturated carbocycles. The molecule has 0 aromatic heterocycles. The van der Waals surface area contributed by atoms with E-state index < -0.39 is 16.4 Å². The predicted molar refractivity (Wildman–Crippen MR) is 76.2 cm³/mol. The first-order valence-corrected chi connectivity index (χ1v) is 7.22. The van der Waals surface area contributed by atoms with Crippen molar-refractivity contribution < 1.29 is 9.31 Å². The minimum Gasteiger partial charge on any atom is -0.317 e. The predicted octanol–water partition coefficient (Wildman–Crippen LogP) is 3.44. The summed E-state index contributed by atoms with van der Waals surface area (Å²) in [6.45, 7) is 0. The SMILES string of the molecule is CNC(CCc1ccc([N+](=O)[O-])c(F)c1)C1CCCC1. The third-order valence-electron chi connectivity index (χ3n) is 4.29. The maximum atomic E-state index is 13.6. The van der Waals surface area contributed by atoms with Gasteiger partial charge in [0.05, 0.1) is 4.92 Å². The fourth-order valence-corrected chi connectivity index (χ4v) is 3.15. The second kappa shape index (κ2) is 6.79. The second-order valence-corrected chi connectivity index (χ2v) is 5.52. The van der Waals surface area contributed by atoms with Crippen molar-refractivity contribution in [1.29, 1.82) is 0 Å². The van der Waals surface area contributed by atoms with Crippen molar-refractivity contribution in [3.8, 4) is 0 Å². The average molecular weight is 280 g/mol. The molecule has 1 N–H and O–H groups in total. The first kappa shape index (κ1) is 14.9. The number of nitrogens with one attached hydrogen (secondary N) is 1. The summed E-state index contributed by atoms with van der Waals surface area (Å²) in [5.41, 5.74) is 0.376. The van der Waals surface area contributed by atoms with Gasteiger partial charge in [0.2, 0.25) is 5.82 Å². The molecule has 1 unspecified atom stereocenters. The van der Waals surface area contributed by atoms with Gasteiger partial charge in [0, 0.05) is 12.1 Å². The van der Waals surface area contributed by atoms with E-state index >= 15 is 0 Å². The lowest BCUT2D eigenvalue weighted by Crippen LogP contribution is -2.32. The number of hydrogen-bond donors (Lipinski definition) is 1. The van der Waals surface area contributed by atoms with Crippen LogP contribution in [-0.4, -0.2) is 18.0 Å². The summed E-state index contributed by atoms with van der Waals surface area (Å²) in [4.78, 5) is 9.89. The van der Waals surface area contributed by atoms with Gasteiger partial charge in [-0.25, -0.2) is 0 Å². The Bertz CT molecular complexity index is 473. The summed E-state index contributed by atoms with van der Waals surface area (Å²) in [7, 11) is 1.97. The van der Waals surface area contributed by atoms with Crippen molar-refractivity contribution in [1.82, 2.24) is 5.32 Å². The molecule has 0 amide bonds. The number of rotatable bonds is 6. The van der Waals surface area contributed by atoms with E-state index in [1.807, 2.05) is 7.05 Å². The third kappa shape index (κ3) is 3.54. The highest BCUT2D eigenvalue weighted by atomic mass is 19.1. The first-order chi connectivity index (χ1) is 9.61. The van der Waals surface area contributed by atoms with E-state index in [0.29, 0.717) is 12.0 Å². The fraction of sp³-hybridized carbons (Fsp3) is 0.600. The third-order valence-corrected chi connectivity index (χ3v) is 4.29. The number of nitro benzene ring substituents is 1. The van der Waals surface area contributed by atoms with Gasteiger partial charge in [0.25, 0.3) is 0 Å². The molecule has 0 bridgehead atoms. The maximum Gasteiger partial charge on any atom is 0.304 e. The summed E-state index contributed by atoms with van der Waals surface area (Å²) in [5.74, 6) is -0.0303. The topological polar surface area (TPSA) is 55.2 Å². The molecule has 4 nitrogen and oxygen atoms in total. The van der Waals surface area contributed by atoms with Gasteiger partial charge in [-0.3, -0.25) is 10.1 Å². The summed E-state index contributed by atoms with van der Waals surface area (Å²) in [5, 5.41) is 13.9.